The molecule has 4 saturated carbocycles. The molecule has 5 heteroatoms. The molecule has 1 N–H and O–H groups in total. The van der Waals surface area contributed by atoms with Gasteiger partial charge in [-0.3, -0.25) is 4.79 Å². The Morgan fingerprint density at radius 1 is 1.21 bits per heavy atom. The fourth-order valence-corrected chi connectivity index (χ4v) is 7.23. The zero-order valence-electron chi connectivity index (χ0n) is 14.3. The molecule has 5 aliphatic rings. The van der Waals surface area contributed by atoms with Gasteiger partial charge in [0.25, 0.3) is 0 Å². The molecule has 4 bridgehead atoms. The zero-order valence-corrected chi connectivity index (χ0v) is 15.2. The summed E-state index contributed by atoms with van der Waals surface area (Å²) in [6, 6.07) is 0. The van der Waals surface area contributed by atoms with Gasteiger partial charge in [0.15, 0.2) is 5.13 Å². The molecule has 1 amide bonds. The number of anilines is 1. The summed E-state index contributed by atoms with van der Waals surface area (Å²) in [7, 11) is 0. The smallest absolute Gasteiger partial charge is 0.231 e. The molecule has 4 aliphatic carbocycles. The van der Waals surface area contributed by atoms with Crippen LogP contribution in [-0.4, -0.2) is 24.1 Å². The van der Waals surface area contributed by atoms with Gasteiger partial charge in [-0.2, -0.15) is 0 Å². The van der Waals surface area contributed by atoms with Crippen molar-refractivity contribution >= 4 is 22.4 Å². The minimum Gasteiger partial charge on any atom is -0.381 e. The lowest BCUT2D eigenvalue weighted by Gasteiger charge is -2.56. The number of hydrogen-bond donors (Lipinski definition) is 1. The number of rotatable bonds is 3. The minimum atomic E-state index is -0.00259. The van der Waals surface area contributed by atoms with E-state index in [0.29, 0.717) is 18.6 Å². The number of carbonyl (C=O) groups excluding carboxylic acids is 1. The molecule has 1 aromatic heterocycles. The molecular weight excluding hydrogens is 320 g/mol. The number of nitrogens with zero attached hydrogens (tertiary/aromatic N) is 1. The Balaban J connectivity index is 1.39. The first kappa shape index (κ1) is 15.3. The van der Waals surface area contributed by atoms with Crippen LogP contribution in [0.1, 0.15) is 55.5 Å². The van der Waals surface area contributed by atoms with E-state index in [1.165, 1.54) is 49.1 Å². The Hall–Kier alpha value is -0.940. The van der Waals surface area contributed by atoms with Crippen molar-refractivity contribution in [2.24, 2.45) is 23.7 Å². The largest absolute Gasteiger partial charge is 0.381 e. The van der Waals surface area contributed by atoms with E-state index in [9.17, 15) is 4.79 Å². The van der Waals surface area contributed by atoms with Crippen molar-refractivity contribution in [1.82, 2.24) is 4.98 Å². The molecule has 6 rings (SSSR count). The molecule has 0 radical (unpaired) electrons. The van der Waals surface area contributed by atoms with Crippen molar-refractivity contribution in [1.29, 1.82) is 0 Å². The Kier molecular flexibility index (Phi) is 3.53. The average molecular weight is 346 g/mol. The lowest BCUT2D eigenvalue weighted by molar-refractivity contribution is -0.119. The minimum absolute atomic E-state index is 0.00259. The summed E-state index contributed by atoms with van der Waals surface area (Å²) in [6.07, 6.45) is 9.17. The standard InChI is InChI=1S/C19H26N2O2S/c1-11-16(19-7-12-4-13(8-19)6-14(5-12)9-19)20-18(24-11)21-17(22)15-2-3-23-10-15/h12-15H,2-10H2,1H3,(H,20,21,22). The van der Waals surface area contributed by atoms with Crippen molar-refractivity contribution in [3.05, 3.63) is 10.6 Å². The van der Waals surface area contributed by atoms with E-state index in [2.05, 4.69) is 12.2 Å². The maximum absolute atomic E-state index is 12.4. The van der Waals surface area contributed by atoms with Gasteiger partial charge < -0.3 is 10.1 Å². The van der Waals surface area contributed by atoms with Crippen molar-refractivity contribution in [2.75, 3.05) is 18.5 Å². The summed E-state index contributed by atoms with van der Waals surface area (Å²) in [4.78, 5) is 18.6. The second-order valence-electron chi connectivity index (χ2n) is 8.67. The Morgan fingerprint density at radius 3 is 2.46 bits per heavy atom. The van der Waals surface area contributed by atoms with E-state index in [-0.39, 0.29) is 11.8 Å². The number of aromatic nitrogens is 1. The monoisotopic (exact) mass is 346 g/mol. The summed E-state index contributed by atoms with van der Waals surface area (Å²) in [6.45, 7) is 3.45. The van der Waals surface area contributed by atoms with Crippen molar-refractivity contribution in [3.8, 4) is 0 Å². The van der Waals surface area contributed by atoms with Crippen molar-refractivity contribution in [3.63, 3.8) is 0 Å². The fourth-order valence-electron chi connectivity index (χ4n) is 6.29. The maximum Gasteiger partial charge on any atom is 0.231 e. The van der Waals surface area contributed by atoms with Crippen LogP contribution in [0.15, 0.2) is 0 Å². The highest BCUT2D eigenvalue weighted by Crippen LogP contribution is 2.61. The van der Waals surface area contributed by atoms with Gasteiger partial charge >= 0.3 is 0 Å². The van der Waals surface area contributed by atoms with Gasteiger partial charge in [-0.1, -0.05) is 0 Å². The third-order valence-corrected chi connectivity index (χ3v) is 7.75. The number of amides is 1. The molecule has 1 saturated heterocycles. The van der Waals surface area contributed by atoms with E-state index >= 15 is 0 Å². The second kappa shape index (κ2) is 5.53. The topological polar surface area (TPSA) is 51.2 Å². The van der Waals surface area contributed by atoms with Crippen LogP contribution in [0, 0.1) is 30.6 Å². The van der Waals surface area contributed by atoms with E-state index in [1.54, 1.807) is 11.3 Å². The number of hydrogen-bond acceptors (Lipinski definition) is 4. The van der Waals surface area contributed by atoms with E-state index < -0.39 is 0 Å². The van der Waals surface area contributed by atoms with Gasteiger partial charge in [0.2, 0.25) is 5.91 Å². The molecule has 1 aliphatic heterocycles. The highest BCUT2D eigenvalue weighted by Gasteiger charge is 2.53. The Labute approximate surface area is 147 Å². The van der Waals surface area contributed by atoms with Gasteiger partial charge in [0.1, 0.15) is 0 Å². The number of aryl methyl sites for hydroxylation is 1. The highest BCUT2D eigenvalue weighted by molar-refractivity contribution is 7.15. The predicted molar refractivity (Wildman–Crippen MR) is 94.3 cm³/mol. The maximum atomic E-state index is 12.4. The van der Waals surface area contributed by atoms with Crippen molar-refractivity contribution < 1.29 is 9.53 Å². The molecule has 2 heterocycles. The van der Waals surface area contributed by atoms with Crippen molar-refractivity contribution in [2.45, 2.75) is 57.3 Å². The normalized spacial score (nSPS) is 40.2. The van der Waals surface area contributed by atoms with Crippen LogP contribution in [0.2, 0.25) is 0 Å². The van der Waals surface area contributed by atoms with Gasteiger partial charge in [-0.15, -0.1) is 11.3 Å². The first-order chi connectivity index (χ1) is 11.6. The third kappa shape index (κ3) is 2.43. The molecule has 0 aromatic carbocycles. The molecule has 0 spiro atoms. The van der Waals surface area contributed by atoms with Gasteiger partial charge in [0, 0.05) is 16.9 Å². The van der Waals surface area contributed by atoms with E-state index in [1.807, 2.05) is 0 Å². The molecule has 1 atom stereocenters. The number of ether oxygens (including phenoxy) is 1. The van der Waals surface area contributed by atoms with Crippen LogP contribution >= 0.6 is 11.3 Å². The van der Waals surface area contributed by atoms with Crippen LogP contribution in [-0.2, 0) is 14.9 Å². The summed E-state index contributed by atoms with van der Waals surface area (Å²) in [5.41, 5.74) is 1.62. The summed E-state index contributed by atoms with van der Waals surface area (Å²) in [5, 5.41) is 3.87. The summed E-state index contributed by atoms with van der Waals surface area (Å²) < 4.78 is 5.33. The number of nitrogens with one attached hydrogen (secondary N) is 1. The van der Waals surface area contributed by atoms with Crippen LogP contribution < -0.4 is 5.32 Å². The molecule has 1 unspecified atom stereocenters. The second-order valence-corrected chi connectivity index (χ2v) is 9.87. The molecule has 1 aromatic rings. The first-order valence-corrected chi connectivity index (χ1v) is 10.3. The lowest BCUT2D eigenvalue weighted by Crippen LogP contribution is -2.49. The van der Waals surface area contributed by atoms with Crippen LogP contribution in [0.5, 0.6) is 0 Å². The quantitative estimate of drug-likeness (QED) is 0.903. The SMILES string of the molecule is Cc1sc(NC(=O)C2CCOC2)nc1C12CC3CC(CC(C3)C1)C2. The molecule has 24 heavy (non-hydrogen) atoms. The van der Waals surface area contributed by atoms with Crippen LogP contribution in [0.25, 0.3) is 0 Å². The van der Waals surface area contributed by atoms with Crippen LogP contribution in [0.4, 0.5) is 5.13 Å². The van der Waals surface area contributed by atoms with Crippen LogP contribution in [0.3, 0.4) is 0 Å². The average Bonchev–Trinajstić information content (AvgIpc) is 3.15. The third-order valence-electron chi connectivity index (χ3n) is 6.87. The predicted octanol–water partition coefficient (Wildman–Crippen LogP) is 3.89. The molecular formula is C19H26N2O2S. The highest BCUT2D eigenvalue weighted by atomic mass is 32.1. The fraction of sp³-hybridized carbons (Fsp3) is 0.789. The molecule has 5 fully saturated rings. The Bertz CT molecular complexity index is 627. The van der Waals surface area contributed by atoms with Gasteiger partial charge in [-0.05, 0) is 69.6 Å². The van der Waals surface area contributed by atoms with Gasteiger partial charge in [0.05, 0.1) is 18.2 Å². The summed E-state index contributed by atoms with van der Waals surface area (Å²) in [5.74, 6) is 2.85. The van der Waals surface area contributed by atoms with E-state index in [0.717, 1.165) is 29.3 Å². The van der Waals surface area contributed by atoms with E-state index in [4.69, 9.17) is 9.72 Å². The summed E-state index contributed by atoms with van der Waals surface area (Å²) >= 11 is 1.67. The number of thiazole rings is 1. The number of carbonyl (C=O) groups is 1. The molecule has 130 valence electrons. The zero-order chi connectivity index (χ0) is 16.3. The first-order valence-electron chi connectivity index (χ1n) is 9.48. The van der Waals surface area contributed by atoms with Gasteiger partial charge in [-0.25, -0.2) is 4.98 Å². The Morgan fingerprint density at radius 2 is 1.88 bits per heavy atom. The lowest BCUT2D eigenvalue weighted by atomic mass is 9.48. The molecule has 4 nitrogen and oxygen atoms in total.